The minimum Gasteiger partial charge on any atom is -0.493 e. The summed E-state index contributed by atoms with van der Waals surface area (Å²) in [6.07, 6.45) is 1.68. The molecule has 0 aliphatic carbocycles. The summed E-state index contributed by atoms with van der Waals surface area (Å²) in [6.45, 7) is 6.71. The number of para-hydroxylation sites is 1. The Balaban J connectivity index is 1.93. The summed E-state index contributed by atoms with van der Waals surface area (Å²) in [5.41, 5.74) is 2.81. The Morgan fingerprint density at radius 1 is 0.970 bits per heavy atom. The Labute approximate surface area is 197 Å². The molecular formula is C27H27NO4S. The zero-order valence-corrected chi connectivity index (χ0v) is 19.9. The minimum absolute atomic E-state index is 0.0493. The fourth-order valence-electron chi connectivity index (χ4n) is 4.02. The van der Waals surface area contributed by atoms with Crippen molar-refractivity contribution in [1.29, 1.82) is 0 Å². The summed E-state index contributed by atoms with van der Waals surface area (Å²) in [7, 11) is 3.22. The third-order valence-electron chi connectivity index (χ3n) is 5.46. The van der Waals surface area contributed by atoms with E-state index in [1.807, 2.05) is 48.5 Å². The number of hydrogen-bond acceptors (Lipinski definition) is 5. The SMILES string of the molecule is C=CCOc1c(OC)cc(Cn2c3ccccc3c(=O)c3ccc(SCC)cc32)cc1OC. The average molecular weight is 462 g/mol. The lowest BCUT2D eigenvalue weighted by Crippen LogP contribution is -2.12. The predicted molar refractivity (Wildman–Crippen MR) is 136 cm³/mol. The van der Waals surface area contributed by atoms with Gasteiger partial charge in [0, 0.05) is 22.2 Å². The molecule has 0 saturated carbocycles. The van der Waals surface area contributed by atoms with Gasteiger partial charge in [0.25, 0.3) is 0 Å². The van der Waals surface area contributed by atoms with Crippen molar-refractivity contribution >= 4 is 33.6 Å². The van der Waals surface area contributed by atoms with Crippen molar-refractivity contribution in [2.24, 2.45) is 0 Å². The zero-order chi connectivity index (χ0) is 23.4. The van der Waals surface area contributed by atoms with Gasteiger partial charge in [-0.15, -0.1) is 11.8 Å². The molecule has 4 aromatic rings. The number of pyridine rings is 1. The van der Waals surface area contributed by atoms with Crippen LogP contribution >= 0.6 is 11.8 Å². The molecule has 1 heterocycles. The zero-order valence-electron chi connectivity index (χ0n) is 19.1. The minimum atomic E-state index is 0.0493. The maximum absolute atomic E-state index is 13.2. The molecule has 0 unspecified atom stereocenters. The van der Waals surface area contributed by atoms with Gasteiger partial charge in [0.15, 0.2) is 16.9 Å². The number of hydrogen-bond donors (Lipinski definition) is 0. The molecule has 0 fully saturated rings. The van der Waals surface area contributed by atoms with Crippen molar-refractivity contribution in [3.63, 3.8) is 0 Å². The van der Waals surface area contributed by atoms with Gasteiger partial charge in [0.05, 0.1) is 25.3 Å². The molecule has 0 aliphatic heterocycles. The van der Waals surface area contributed by atoms with E-state index in [1.165, 1.54) is 0 Å². The molecule has 0 spiro atoms. The van der Waals surface area contributed by atoms with Crippen LogP contribution in [0.5, 0.6) is 17.2 Å². The summed E-state index contributed by atoms with van der Waals surface area (Å²) in [6, 6.07) is 17.7. The highest BCUT2D eigenvalue weighted by Crippen LogP contribution is 2.39. The molecule has 5 nitrogen and oxygen atoms in total. The van der Waals surface area contributed by atoms with E-state index in [2.05, 4.69) is 24.1 Å². The second-order valence-electron chi connectivity index (χ2n) is 7.47. The van der Waals surface area contributed by atoms with E-state index >= 15 is 0 Å². The fourth-order valence-corrected chi connectivity index (χ4v) is 4.71. The quantitative estimate of drug-likeness (QED) is 0.177. The standard InChI is InChI=1S/C27H27NO4S/c1-5-13-32-27-24(30-3)14-18(15-25(27)31-4)17-28-22-10-8-7-9-20(22)26(29)21-12-11-19(33-6-2)16-23(21)28/h5,7-12,14-16H,1,6,13,17H2,2-4H3. The number of ether oxygens (including phenoxy) is 3. The molecule has 1 aromatic heterocycles. The van der Waals surface area contributed by atoms with Crippen LogP contribution in [-0.2, 0) is 6.54 Å². The van der Waals surface area contributed by atoms with Crippen molar-refractivity contribution in [1.82, 2.24) is 4.57 Å². The first-order chi connectivity index (χ1) is 16.1. The van der Waals surface area contributed by atoms with Gasteiger partial charge < -0.3 is 18.8 Å². The third-order valence-corrected chi connectivity index (χ3v) is 6.34. The Hall–Kier alpha value is -3.38. The number of thioether (sulfide) groups is 1. The monoisotopic (exact) mass is 461 g/mol. The van der Waals surface area contributed by atoms with Gasteiger partial charge >= 0.3 is 0 Å². The van der Waals surface area contributed by atoms with E-state index in [1.54, 1.807) is 32.1 Å². The molecule has 0 amide bonds. The molecule has 0 radical (unpaired) electrons. The summed E-state index contributed by atoms with van der Waals surface area (Å²) in [5.74, 6) is 2.68. The molecule has 0 N–H and O–H groups in total. The normalized spacial score (nSPS) is 11.0. The number of benzene rings is 3. The van der Waals surface area contributed by atoms with Gasteiger partial charge in [-0.25, -0.2) is 0 Å². The molecule has 6 heteroatoms. The smallest absolute Gasteiger partial charge is 0.203 e. The predicted octanol–water partition coefficient (Wildman–Crippen LogP) is 5.90. The number of rotatable bonds is 9. The lowest BCUT2D eigenvalue weighted by Gasteiger charge is -2.19. The van der Waals surface area contributed by atoms with Crippen LogP contribution in [0.1, 0.15) is 12.5 Å². The number of fused-ring (bicyclic) bond motifs is 2. The van der Waals surface area contributed by atoms with Crippen molar-refractivity contribution < 1.29 is 14.2 Å². The van der Waals surface area contributed by atoms with E-state index in [-0.39, 0.29) is 5.43 Å². The summed E-state index contributed by atoms with van der Waals surface area (Å²) in [5, 5.41) is 1.41. The molecule has 33 heavy (non-hydrogen) atoms. The second kappa shape index (κ2) is 10.0. The van der Waals surface area contributed by atoms with E-state index in [4.69, 9.17) is 14.2 Å². The first kappa shape index (κ1) is 22.8. The lowest BCUT2D eigenvalue weighted by molar-refractivity contribution is 0.300. The van der Waals surface area contributed by atoms with Crippen LogP contribution in [0.4, 0.5) is 0 Å². The summed E-state index contributed by atoms with van der Waals surface area (Å²) >= 11 is 1.76. The Kier molecular flexibility index (Phi) is 6.94. The Bertz CT molecular complexity index is 1350. The molecule has 0 bridgehead atoms. The number of nitrogens with zero attached hydrogens (tertiary/aromatic N) is 1. The second-order valence-corrected chi connectivity index (χ2v) is 8.81. The van der Waals surface area contributed by atoms with E-state index in [9.17, 15) is 4.79 Å². The summed E-state index contributed by atoms with van der Waals surface area (Å²) < 4.78 is 19.2. The molecule has 0 saturated heterocycles. The first-order valence-corrected chi connectivity index (χ1v) is 11.8. The van der Waals surface area contributed by atoms with Crippen LogP contribution in [0.25, 0.3) is 21.8 Å². The highest BCUT2D eigenvalue weighted by molar-refractivity contribution is 7.99. The van der Waals surface area contributed by atoms with Gasteiger partial charge in [-0.2, -0.15) is 0 Å². The molecule has 4 rings (SSSR count). The largest absolute Gasteiger partial charge is 0.493 e. The highest BCUT2D eigenvalue weighted by Gasteiger charge is 2.17. The van der Waals surface area contributed by atoms with Crippen molar-refractivity contribution in [3.05, 3.63) is 83.0 Å². The van der Waals surface area contributed by atoms with Crippen LogP contribution < -0.4 is 19.6 Å². The van der Waals surface area contributed by atoms with E-state index < -0.39 is 0 Å². The van der Waals surface area contributed by atoms with E-state index in [0.717, 1.165) is 27.2 Å². The Morgan fingerprint density at radius 3 is 2.33 bits per heavy atom. The molecular weight excluding hydrogens is 434 g/mol. The van der Waals surface area contributed by atoms with Crippen LogP contribution in [0.3, 0.4) is 0 Å². The van der Waals surface area contributed by atoms with Gasteiger partial charge in [-0.05, 0) is 53.8 Å². The highest BCUT2D eigenvalue weighted by atomic mass is 32.2. The molecule has 0 atom stereocenters. The van der Waals surface area contributed by atoms with Crippen LogP contribution in [0.15, 0.2) is 76.9 Å². The summed E-state index contributed by atoms with van der Waals surface area (Å²) in [4.78, 5) is 14.4. The van der Waals surface area contributed by atoms with Gasteiger partial charge in [0.2, 0.25) is 5.75 Å². The van der Waals surface area contributed by atoms with Crippen molar-refractivity contribution in [2.45, 2.75) is 18.4 Å². The van der Waals surface area contributed by atoms with Crippen LogP contribution in [0.2, 0.25) is 0 Å². The van der Waals surface area contributed by atoms with Gasteiger partial charge in [0.1, 0.15) is 6.61 Å². The van der Waals surface area contributed by atoms with Crippen LogP contribution in [-0.4, -0.2) is 31.1 Å². The fraction of sp³-hybridized carbons (Fsp3) is 0.222. The van der Waals surface area contributed by atoms with Crippen molar-refractivity contribution in [3.8, 4) is 17.2 Å². The molecule has 0 aliphatic rings. The van der Waals surface area contributed by atoms with Gasteiger partial charge in [-0.3, -0.25) is 4.79 Å². The Morgan fingerprint density at radius 2 is 1.67 bits per heavy atom. The topological polar surface area (TPSA) is 49.7 Å². The maximum atomic E-state index is 13.2. The number of aromatic nitrogens is 1. The van der Waals surface area contributed by atoms with Crippen LogP contribution in [0, 0.1) is 0 Å². The maximum Gasteiger partial charge on any atom is 0.203 e. The lowest BCUT2D eigenvalue weighted by atomic mass is 10.1. The van der Waals surface area contributed by atoms with Gasteiger partial charge in [-0.1, -0.05) is 31.7 Å². The van der Waals surface area contributed by atoms with Crippen molar-refractivity contribution in [2.75, 3.05) is 26.6 Å². The molecule has 3 aromatic carbocycles. The first-order valence-electron chi connectivity index (χ1n) is 10.8. The molecule has 170 valence electrons. The number of methoxy groups -OCH3 is 2. The van der Waals surface area contributed by atoms with E-state index in [0.29, 0.717) is 41.2 Å². The average Bonchev–Trinajstić information content (AvgIpc) is 2.85. The third kappa shape index (κ3) is 4.44.